The molecule has 0 bridgehead atoms. The Morgan fingerprint density at radius 2 is 1.43 bits per heavy atom. The number of halogens is 2. The molecular formula is C15H15F2NO2S. The third-order valence-electron chi connectivity index (χ3n) is 3.10. The standard InChI is InChI=1S/C15H15F2NO2S/c1-9-7-10(2)14(11(3)8-9)18-21(19,20)15-12(16)5-4-6-13(15)17/h4-8,18H,1-3H3. The zero-order valence-corrected chi connectivity index (χ0v) is 12.7. The van der Waals surface area contributed by atoms with Gasteiger partial charge in [-0.25, -0.2) is 17.2 Å². The first-order valence-electron chi connectivity index (χ1n) is 6.27. The predicted molar refractivity (Wildman–Crippen MR) is 77.8 cm³/mol. The van der Waals surface area contributed by atoms with Gasteiger partial charge in [-0.1, -0.05) is 23.8 Å². The van der Waals surface area contributed by atoms with E-state index >= 15 is 0 Å². The van der Waals surface area contributed by atoms with Gasteiger partial charge in [-0.3, -0.25) is 4.72 Å². The molecule has 0 radical (unpaired) electrons. The van der Waals surface area contributed by atoms with Crippen molar-refractivity contribution in [2.45, 2.75) is 25.7 Å². The number of nitrogens with one attached hydrogen (secondary N) is 1. The zero-order valence-electron chi connectivity index (χ0n) is 11.9. The fourth-order valence-electron chi connectivity index (χ4n) is 2.27. The number of hydrogen-bond donors (Lipinski definition) is 1. The Kier molecular flexibility index (Phi) is 4.00. The number of hydrogen-bond acceptors (Lipinski definition) is 2. The Labute approximate surface area is 122 Å². The van der Waals surface area contributed by atoms with Crippen LogP contribution in [0.4, 0.5) is 14.5 Å². The van der Waals surface area contributed by atoms with Gasteiger partial charge in [-0.15, -0.1) is 0 Å². The van der Waals surface area contributed by atoms with Crippen molar-refractivity contribution in [1.29, 1.82) is 0 Å². The maximum atomic E-state index is 13.7. The lowest BCUT2D eigenvalue weighted by atomic mass is 10.1. The molecule has 6 heteroatoms. The summed E-state index contributed by atoms with van der Waals surface area (Å²) in [7, 11) is -4.33. The lowest BCUT2D eigenvalue weighted by molar-refractivity contribution is 0.521. The summed E-state index contributed by atoms with van der Waals surface area (Å²) < 4.78 is 54.1. The molecule has 21 heavy (non-hydrogen) atoms. The highest BCUT2D eigenvalue weighted by Crippen LogP contribution is 2.27. The van der Waals surface area contributed by atoms with Crippen LogP contribution in [0.25, 0.3) is 0 Å². The van der Waals surface area contributed by atoms with Gasteiger partial charge in [-0.2, -0.15) is 0 Å². The summed E-state index contributed by atoms with van der Waals surface area (Å²) in [5, 5.41) is 0. The smallest absolute Gasteiger partial charge is 0.267 e. The Morgan fingerprint density at radius 3 is 1.90 bits per heavy atom. The first-order chi connectivity index (χ1) is 9.72. The molecule has 0 saturated carbocycles. The largest absolute Gasteiger partial charge is 0.279 e. The molecule has 0 aliphatic rings. The number of aryl methyl sites for hydroxylation is 3. The van der Waals surface area contributed by atoms with Gasteiger partial charge in [0.1, 0.15) is 11.6 Å². The molecule has 0 atom stereocenters. The van der Waals surface area contributed by atoms with Crippen molar-refractivity contribution in [2.24, 2.45) is 0 Å². The van der Waals surface area contributed by atoms with Crippen molar-refractivity contribution in [3.63, 3.8) is 0 Å². The van der Waals surface area contributed by atoms with Crippen LogP contribution in [-0.2, 0) is 10.0 Å². The van der Waals surface area contributed by atoms with Crippen molar-refractivity contribution in [3.05, 3.63) is 58.7 Å². The summed E-state index contributed by atoms with van der Waals surface area (Å²) in [6.07, 6.45) is 0. The summed E-state index contributed by atoms with van der Waals surface area (Å²) in [6, 6.07) is 6.52. The second kappa shape index (κ2) is 5.44. The second-order valence-electron chi connectivity index (χ2n) is 4.93. The quantitative estimate of drug-likeness (QED) is 0.939. The third kappa shape index (κ3) is 3.05. The van der Waals surface area contributed by atoms with Gasteiger partial charge in [0.15, 0.2) is 4.90 Å². The Bertz CT molecular complexity index is 758. The zero-order chi connectivity index (χ0) is 15.8. The normalized spacial score (nSPS) is 11.5. The Morgan fingerprint density at radius 1 is 0.952 bits per heavy atom. The summed E-state index contributed by atoms with van der Waals surface area (Å²) in [5.74, 6) is -2.24. The third-order valence-corrected chi connectivity index (χ3v) is 4.50. The molecule has 2 aromatic carbocycles. The van der Waals surface area contributed by atoms with Crippen LogP contribution >= 0.6 is 0 Å². The van der Waals surface area contributed by atoms with Crippen LogP contribution in [0.15, 0.2) is 35.2 Å². The lowest BCUT2D eigenvalue weighted by Crippen LogP contribution is -2.17. The highest BCUT2D eigenvalue weighted by Gasteiger charge is 2.24. The molecule has 0 unspecified atom stereocenters. The molecule has 0 aliphatic carbocycles. The van der Waals surface area contributed by atoms with Crippen LogP contribution in [0.2, 0.25) is 0 Å². The van der Waals surface area contributed by atoms with Gasteiger partial charge in [0.2, 0.25) is 0 Å². The average Bonchev–Trinajstić information content (AvgIpc) is 2.33. The molecule has 0 aromatic heterocycles. The number of rotatable bonds is 3. The van der Waals surface area contributed by atoms with Crippen LogP contribution in [-0.4, -0.2) is 8.42 Å². The van der Waals surface area contributed by atoms with E-state index in [9.17, 15) is 17.2 Å². The van der Waals surface area contributed by atoms with E-state index in [0.29, 0.717) is 16.8 Å². The van der Waals surface area contributed by atoms with Crippen molar-refractivity contribution < 1.29 is 17.2 Å². The molecule has 0 saturated heterocycles. The highest BCUT2D eigenvalue weighted by atomic mass is 32.2. The van der Waals surface area contributed by atoms with Gasteiger partial charge >= 0.3 is 0 Å². The molecule has 2 aromatic rings. The summed E-state index contributed by atoms with van der Waals surface area (Å²) in [5.41, 5.74) is 2.69. The van der Waals surface area contributed by atoms with E-state index < -0.39 is 26.6 Å². The summed E-state index contributed by atoms with van der Waals surface area (Å²) in [6.45, 7) is 5.35. The Balaban J connectivity index is 2.53. The lowest BCUT2D eigenvalue weighted by Gasteiger charge is -2.15. The molecule has 0 aliphatic heterocycles. The van der Waals surface area contributed by atoms with E-state index in [4.69, 9.17) is 0 Å². The van der Waals surface area contributed by atoms with E-state index in [-0.39, 0.29) is 0 Å². The van der Waals surface area contributed by atoms with Crippen LogP contribution in [0.3, 0.4) is 0 Å². The first kappa shape index (κ1) is 15.4. The summed E-state index contributed by atoms with van der Waals surface area (Å²) >= 11 is 0. The van der Waals surface area contributed by atoms with E-state index in [0.717, 1.165) is 23.8 Å². The SMILES string of the molecule is Cc1cc(C)c(NS(=O)(=O)c2c(F)cccc2F)c(C)c1. The van der Waals surface area contributed by atoms with E-state index in [2.05, 4.69) is 4.72 Å². The van der Waals surface area contributed by atoms with Crippen molar-refractivity contribution in [2.75, 3.05) is 4.72 Å². The van der Waals surface area contributed by atoms with Crippen LogP contribution in [0.5, 0.6) is 0 Å². The predicted octanol–water partition coefficient (Wildman–Crippen LogP) is 3.69. The maximum Gasteiger partial charge on any atom is 0.267 e. The number of sulfonamides is 1. The van der Waals surface area contributed by atoms with E-state index in [1.807, 2.05) is 6.92 Å². The van der Waals surface area contributed by atoms with Crippen LogP contribution in [0.1, 0.15) is 16.7 Å². The molecule has 2 rings (SSSR count). The van der Waals surface area contributed by atoms with Crippen LogP contribution < -0.4 is 4.72 Å². The van der Waals surface area contributed by atoms with E-state index in [1.165, 1.54) is 0 Å². The van der Waals surface area contributed by atoms with Gasteiger partial charge < -0.3 is 0 Å². The molecule has 0 heterocycles. The molecule has 112 valence electrons. The first-order valence-corrected chi connectivity index (χ1v) is 7.75. The minimum absolute atomic E-state index is 0.336. The molecule has 0 fully saturated rings. The van der Waals surface area contributed by atoms with Crippen molar-refractivity contribution in [3.8, 4) is 0 Å². The molecule has 0 amide bonds. The average molecular weight is 311 g/mol. The van der Waals surface area contributed by atoms with E-state index in [1.54, 1.807) is 26.0 Å². The van der Waals surface area contributed by atoms with Crippen LogP contribution in [0, 0.1) is 32.4 Å². The van der Waals surface area contributed by atoms with Gasteiger partial charge in [0.05, 0.1) is 5.69 Å². The number of anilines is 1. The molecular weight excluding hydrogens is 296 g/mol. The Hall–Kier alpha value is -1.95. The minimum Gasteiger partial charge on any atom is -0.279 e. The fourth-order valence-corrected chi connectivity index (χ4v) is 3.61. The van der Waals surface area contributed by atoms with Gasteiger partial charge in [0, 0.05) is 0 Å². The summed E-state index contributed by atoms with van der Waals surface area (Å²) in [4.78, 5) is -0.968. The topological polar surface area (TPSA) is 46.2 Å². The second-order valence-corrected chi connectivity index (χ2v) is 6.55. The maximum absolute atomic E-state index is 13.7. The molecule has 0 spiro atoms. The van der Waals surface area contributed by atoms with Gasteiger partial charge in [0.25, 0.3) is 10.0 Å². The monoisotopic (exact) mass is 311 g/mol. The highest BCUT2D eigenvalue weighted by molar-refractivity contribution is 7.92. The molecule has 3 nitrogen and oxygen atoms in total. The van der Waals surface area contributed by atoms with Crippen molar-refractivity contribution >= 4 is 15.7 Å². The fraction of sp³-hybridized carbons (Fsp3) is 0.200. The van der Waals surface area contributed by atoms with Gasteiger partial charge in [-0.05, 0) is 44.0 Å². The van der Waals surface area contributed by atoms with Crippen molar-refractivity contribution in [1.82, 2.24) is 0 Å². The minimum atomic E-state index is -4.33. The number of benzene rings is 2. The molecule has 1 N–H and O–H groups in total.